The van der Waals surface area contributed by atoms with Gasteiger partial charge in [-0.05, 0) is 32.1 Å². The lowest BCUT2D eigenvalue weighted by Crippen LogP contribution is -2.38. The Morgan fingerprint density at radius 2 is 2.04 bits per heavy atom. The molecule has 0 spiro atoms. The van der Waals surface area contributed by atoms with E-state index in [4.69, 9.17) is 0 Å². The van der Waals surface area contributed by atoms with Crippen LogP contribution in [0.1, 0.15) is 64.7 Å². The first-order valence-corrected chi connectivity index (χ1v) is 9.59. The van der Waals surface area contributed by atoms with Gasteiger partial charge < -0.3 is 15.5 Å². The average molecular weight is 322 g/mol. The standard InChI is InChI=1S/C18H34N4O/c1-2-19-18(21-13-11-16-8-4-3-5-9-16)20-12-7-15-22-14-6-10-17(22)23/h16H,2-15H2,1H3,(H2,19,20,21). The summed E-state index contributed by atoms with van der Waals surface area (Å²) in [4.78, 5) is 18.2. The molecule has 5 nitrogen and oxygen atoms in total. The van der Waals surface area contributed by atoms with E-state index < -0.39 is 0 Å². The van der Waals surface area contributed by atoms with Gasteiger partial charge in [0.25, 0.3) is 0 Å². The van der Waals surface area contributed by atoms with Crippen LogP contribution in [0.3, 0.4) is 0 Å². The highest BCUT2D eigenvalue weighted by molar-refractivity contribution is 5.79. The molecule has 132 valence electrons. The quantitative estimate of drug-likeness (QED) is 0.410. The van der Waals surface area contributed by atoms with Gasteiger partial charge >= 0.3 is 0 Å². The van der Waals surface area contributed by atoms with E-state index in [1.165, 1.54) is 38.5 Å². The van der Waals surface area contributed by atoms with E-state index in [1.807, 2.05) is 4.90 Å². The summed E-state index contributed by atoms with van der Waals surface area (Å²) in [5.41, 5.74) is 0. The van der Waals surface area contributed by atoms with Crippen LogP contribution in [0.5, 0.6) is 0 Å². The van der Waals surface area contributed by atoms with Crippen molar-refractivity contribution in [1.82, 2.24) is 15.5 Å². The molecule has 1 saturated heterocycles. The van der Waals surface area contributed by atoms with Crippen molar-refractivity contribution < 1.29 is 4.79 Å². The Morgan fingerprint density at radius 3 is 2.74 bits per heavy atom. The van der Waals surface area contributed by atoms with Crippen LogP contribution in [-0.2, 0) is 4.79 Å². The third-order valence-corrected chi connectivity index (χ3v) is 4.94. The number of aliphatic imine (C=N–C) groups is 1. The molecule has 0 aromatic carbocycles. The lowest BCUT2D eigenvalue weighted by atomic mass is 9.87. The highest BCUT2D eigenvalue weighted by atomic mass is 16.2. The molecule has 2 N–H and O–H groups in total. The maximum absolute atomic E-state index is 11.6. The number of hydrogen-bond acceptors (Lipinski definition) is 2. The van der Waals surface area contributed by atoms with Crippen LogP contribution >= 0.6 is 0 Å². The summed E-state index contributed by atoms with van der Waals surface area (Å²) in [6.45, 7) is 6.57. The Kier molecular flexibility index (Phi) is 8.26. The molecule has 0 aromatic rings. The number of amides is 1. The number of nitrogens with zero attached hydrogens (tertiary/aromatic N) is 2. The second kappa shape index (κ2) is 10.5. The highest BCUT2D eigenvalue weighted by Gasteiger charge is 2.18. The second-order valence-corrected chi connectivity index (χ2v) is 6.82. The van der Waals surface area contributed by atoms with Gasteiger partial charge in [0.1, 0.15) is 0 Å². The van der Waals surface area contributed by atoms with Crippen molar-refractivity contribution in [3.8, 4) is 0 Å². The Balaban J connectivity index is 1.61. The molecule has 1 heterocycles. The third kappa shape index (κ3) is 6.80. The fraction of sp³-hybridized carbons (Fsp3) is 0.889. The number of guanidine groups is 1. The van der Waals surface area contributed by atoms with Crippen molar-refractivity contribution >= 4 is 11.9 Å². The molecule has 2 rings (SSSR count). The predicted octanol–water partition coefficient (Wildman–Crippen LogP) is 2.52. The SMILES string of the molecule is CCNC(=NCCCN1CCCC1=O)NCCC1CCCCC1. The fourth-order valence-corrected chi connectivity index (χ4v) is 3.61. The lowest BCUT2D eigenvalue weighted by molar-refractivity contribution is -0.127. The molecule has 0 radical (unpaired) electrons. The van der Waals surface area contributed by atoms with Crippen LogP contribution in [0.25, 0.3) is 0 Å². The van der Waals surface area contributed by atoms with Crippen molar-refractivity contribution in [2.45, 2.75) is 64.7 Å². The van der Waals surface area contributed by atoms with E-state index >= 15 is 0 Å². The summed E-state index contributed by atoms with van der Waals surface area (Å²) in [5.74, 6) is 2.14. The van der Waals surface area contributed by atoms with Gasteiger partial charge in [-0.2, -0.15) is 0 Å². The first-order valence-electron chi connectivity index (χ1n) is 9.59. The number of likely N-dealkylation sites (tertiary alicyclic amines) is 1. The molecule has 5 heteroatoms. The molecule has 2 fully saturated rings. The Morgan fingerprint density at radius 1 is 1.22 bits per heavy atom. The zero-order valence-electron chi connectivity index (χ0n) is 14.8. The average Bonchev–Trinajstić information content (AvgIpc) is 2.97. The van der Waals surface area contributed by atoms with Crippen LogP contribution in [0, 0.1) is 5.92 Å². The molecule has 0 unspecified atom stereocenters. The molecular weight excluding hydrogens is 288 g/mol. The van der Waals surface area contributed by atoms with Gasteiger partial charge in [0.2, 0.25) is 5.91 Å². The largest absolute Gasteiger partial charge is 0.357 e. The summed E-state index contributed by atoms with van der Waals surface area (Å²) in [6, 6.07) is 0. The monoisotopic (exact) mass is 322 g/mol. The first kappa shape index (κ1) is 18.1. The van der Waals surface area contributed by atoms with Gasteiger partial charge in [0.15, 0.2) is 5.96 Å². The van der Waals surface area contributed by atoms with E-state index in [9.17, 15) is 4.79 Å². The number of hydrogen-bond donors (Lipinski definition) is 2. The summed E-state index contributed by atoms with van der Waals surface area (Å²) >= 11 is 0. The zero-order valence-corrected chi connectivity index (χ0v) is 14.8. The lowest BCUT2D eigenvalue weighted by Gasteiger charge is -2.22. The molecular formula is C18H34N4O. The number of nitrogens with one attached hydrogen (secondary N) is 2. The third-order valence-electron chi connectivity index (χ3n) is 4.94. The minimum Gasteiger partial charge on any atom is -0.357 e. The number of carbonyl (C=O) groups excluding carboxylic acids is 1. The van der Waals surface area contributed by atoms with E-state index in [-0.39, 0.29) is 0 Å². The normalized spacial score (nSPS) is 20.1. The van der Waals surface area contributed by atoms with Gasteiger partial charge in [0, 0.05) is 39.1 Å². The zero-order chi connectivity index (χ0) is 16.3. The molecule has 1 amide bonds. The van der Waals surface area contributed by atoms with Crippen LogP contribution < -0.4 is 10.6 Å². The van der Waals surface area contributed by atoms with E-state index in [1.54, 1.807) is 0 Å². The van der Waals surface area contributed by atoms with Crippen LogP contribution in [0.2, 0.25) is 0 Å². The maximum atomic E-state index is 11.6. The molecule has 0 bridgehead atoms. The molecule has 23 heavy (non-hydrogen) atoms. The fourth-order valence-electron chi connectivity index (χ4n) is 3.61. The van der Waals surface area contributed by atoms with Crippen LogP contribution in [-0.4, -0.2) is 49.5 Å². The van der Waals surface area contributed by atoms with Gasteiger partial charge in [-0.1, -0.05) is 32.1 Å². The van der Waals surface area contributed by atoms with Gasteiger partial charge in [0.05, 0.1) is 0 Å². The minimum atomic E-state index is 0.312. The first-order chi connectivity index (χ1) is 11.3. The summed E-state index contributed by atoms with van der Waals surface area (Å²) in [5, 5.41) is 6.78. The van der Waals surface area contributed by atoms with Crippen molar-refractivity contribution in [3.05, 3.63) is 0 Å². The maximum Gasteiger partial charge on any atom is 0.222 e. The molecule has 1 aliphatic heterocycles. The van der Waals surface area contributed by atoms with Gasteiger partial charge in [-0.3, -0.25) is 9.79 Å². The van der Waals surface area contributed by atoms with E-state index in [2.05, 4.69) is 22.5 Å². The molecule has 1 aliphatic carbocycles. The topological polar surface area (TPSA) is 56.7 Å². The van der Waals surface area contributed by atoms with Gasteiger partial charge in [-0.25, -0.2) is 0 Å². The second-order valence-electron chi connectivity index (χ2n) is 6.82. The van der Waals surface area contributed by atoms with Crippen LogP contribution in [0.15, 0.2) is 4.99 Å². The Labute approximate surface area is 141 Å². The van der Waals surface area contributed by atoms with Crippen molar-refractivity contribution in [3.63, 3.8) is 0 Å². The van der Waals surface area contributed by atoms with Crippen molar-refractivity contribution in [1.29, 1.82) is 0 Å². The summed E-state index contributed by atoms with van der Waals surface area (Å²) in [7, 11) is 0. The van der Waals surface area contributed by atoms with E-state index in [0.29, 0.717) is 5.91 Å². The van der Waals surface area contributed by atoms with E-state index in [0.717, 1.165) is 63.9 Å². The van der Waals surface area contributed by atoms with Gasteiger partial charge in [-0.15, -0.1) is 0 Å². The predicted molar refractivity (Wildman–Crippen MR) is 95.6 cm³/mol. The van der Waals surface area contributed by atoms with Crippen molar-refractivity contribution in [2.75, 3.05) is 32.7 Å². The smallest absolute Gasteiger partial charge is 0.222 e. The minimum absolute atomic E-state index is 0.312. The van der Waals surface area contributed by atoms with Crippen LogP contribution in [0.4, 0.5) is 0 Å². The molecule has 1 saturated carbocycles. The summed E-state index contributed by atoms with van der Waals surface area (Å²) in [6.07, 6.45) is 11.0. The Bertz CT molecular complexity index is 377. The number of rotatable bonds is 8. The summed E-state index contributed by atoms with van der Waals surface area (Å²) < 4.78 is 0. The number of carbonyl (C=O) groups is 1. The highest BCUT2D eigenvalue weighted by Crippen LogP contribution is 2.25. The Hall–Kier alpha value is -1.26. The molecule has 2 aliphatic rings. The molecule has 0 atom stereocenters. The molecule has 0 aromatic heterocycles. The van der Waals surface area contributed by atoms with Crippen molar-refractivity contribution in [2.24, 2.45) is 10.9 Å².